The molecule has 1 aromatic rings. The monoisotopic (exact) mass is 304 g/mol. The SMILES string of the molecule is Cc1cccc(CC(=O)N2CCN(CCNC(N)=O)CC2)c1. The van der Waals surface area contributed by atoms with Crippen LogP contribution in [0.1, 0.15) is 11.1 Å². The molecule has 0 radical (unpaired) electrons. The van der Waals surface area contributed by atoms with Crippen molar-refractivity contribution in [3.8, 4) is 0 Å². The molecule has 3 amide bonds. The maximum Gasteiger partial charge on any atom is 0.312 e. The summed E-state index contributed by atoms with van der Waals surface area (Å²) in [4.78, 5) is 27.1. The molecule has 0 atom stereocenters. The Balaban J connectivity index is 1.74. The minimum atomic E-state index is -0.494. The molecule has 6 heteroatoms. The number of nitrogens with two attached hydrogens (primary N) is 1. The molecule has 1 fully saturated rings. The van der Waals surface area contributed by atoms with E-state index < -0.39 is 6.03 Å². The number of rotatable bonds is 5. The minimum absolute atomic E-state index is 0.181. The minimum Gasteiger partial charge on any atom is -0.352 e. The third-order valence-corrected chi connectivity index (χ3v) is 3.89. The van der Waals surface area contributed by atoms with E-state index in [0.29, 0.717) is 13.0 Å². The van der Waals surface area contributed by atoms with E-state index in [1.165, 1.54) is 5.56 Å². The Morgan fingerprint density at radius 2 is 1.95 bits per heavy atom. The molecule has 0 aliphatic carbocycles. The number of benzene rings is 1. The molecule has 0 bridgehead atoms. The highest BCUT2D eigenvalue weighted by atomic mass is 16.2. The number of primary amides is 1. The number of carbonyl (C=O) groups is 2. The topological polar surface area (TPSA) is 78.7 Å². The summed E-state index contributed by atoms with van der Waals surface area (Å²) in [6, 6.07) is 7.58. The van der Waals surface area contributed by atoms with Crippen LogP contribution in [0.25, 0.3) is 0 Å². The van der Waals surface area contributed by atoms with Gasteiger partial charge in [-0.3, -0.25) is 9.69 Å². The number of hydrogen-bond donors (Lipinski definition) is 2. The summed E-state index contributed by atoms with van der Waals surface area (Å²) in [7, 11) is 0. The fourth-order valence-corrected chi connectivity index (χ4v) is 2.67. The Kier molecular flexibility index (Phi) is 5.77. The zero-order chi connectivity index (χ0) is 15.9. The van der Waals surface area contributed by atoms with Crippen molar-refractivity contribution in [3.05, 3.63) is 35.4 Å². The molecule has 6 nitrogen and oxygen atoms in total. The molecule has 0 aromatic heterocycles. The second kappa shape index (κ2) is 7.79. The lowest BCUT2D eigenvalue weighted by Crippen LogP contribution is -2.50. The fraction of sp³-hybridized carbons (Fsp3) is 0.500. The van der Waals surface area contributed by atoms with Gasteiger partial charge < -0.3 is 16.0 Å². The van der Waals surface area contributed by atoms with Gasteiger partial charge >= 0.3 is 6.03 Å². The smallest absolute Gasteiger partial charge is 0.312 e. The van der Waals surface area contributed by atoms with Gasteiger partial charge in [0, 0.05) is 39.3 Å². The van der Waals surface area contributed by atoms with Gasteiger partial charge in [0.2, 0.25) is 5.91 Å². The number of urea groups is 1. The first-order chi connectivity index (χ1) is 10.5. The molecule has 3 N–H and O–H groups in total. The lowest BCUT2D eigenvalue weighted by molar-refractivity contribution is -0.132. The number of piperazine rings is 1. The lowest BCUT2D eigenvalue weighted by atomic mass is 10.1. The summed E-state index contributed by atoms with van der Waals surface area (Å²) in [6.07, 6.45) is 0.463. The average molecular weight is 304 g/mol. The predicted octanol–water partition coefficient (Wildman–Crippen LogP) is 0.350. The van der Waals surface area contributed by atoms with Gasteiger partial charge in [-0.15, -0.1) is 0 Å². The second-order valence-corrected chi connectivity index (χ2v) is 5.68. The summed E-state index contributed by atoms with van der Waals surface area (Å²) in [5.74, 6) is 0.181. The molecule has 1 saturated heterocycles. The van der Waals surface area contributed by atoms with Gasteiger partial charge in [-0.25, -0.2) is 4.79 Å². The Morgan fingerprint density at radius 1 is 1.23 bits per heavy atom. The molecule has 22 heavy (non-hydrogen) atoms. The normalized spacial score (nSPS) is 15.6. The number of amides is 3. The van der Waals surface area contributed by atoms with Crippen LogP contribution in [0.2, 0.25) is 0 Å². The van der Waals surface area contributed by atoms with E-state index >= 15 is 0 Å². The summed E-state index contributed by atoms with van der Waals surface area (Å²) in [5, 5.41) is 2.58. The first kappa shape index (κ1) is 16.3. The number of nitrogens with zero attached hydrogens (tertiary/aromatic N) is 2. The maximum absolute atomic E-state index is 12.3. The van der Waals surface area contributed by atoms with E-state index in [0.717, 1.165) is 38.3 Å². The molecule has 1 aromatic carbocycles. The first-order valence-corrected chi connectivity index (χ1v) is 7.63. The van der Waals surface area contributed by atoms with Gasteiger partial charge in [0.25, 0.3) is 0 Å². The Hall–Kier alpha value is -2.08. The van der Waals surface area contributed by atoms with Crippen molar-refractivity contribution in [2.45, 2.75) is 13.3 Å². The highest BCUT2D eigenvalue weighted by Crippen LogP contribution is 2.08. The van der Waals surface area contributed by atoms with Crippen molar-refractivity contribution >= 4 is 11.9 Å². The molecule has 0 unspecified atom stereocenters. The molecule has 1 aliphatic heterocycles. The van der Waals surface area contributed by atoms with Gasteiger partial charge in [0.15, 0.2) is 0 Å². The zero-order valence-corrected chi connectivity index (χ0v) is 13.0. The Labute approximate surface area is 131 Å². The molecular formula is C16H24N4O2. The number of aryl methyl sites for hydroxylation is 1. The van der Waals surface area contributed by atoms with Crippen LogP contribution in [0.4, 0.5) is 4.79 Å². The van der Waals surface area contributed by atoms with Crippen LogP contribution in [0.3, 0.4) is 0 Å². The third-order valence-electron chi connectivity index (χ3n) is 3.89. The van der Waals surface area contributed by atoms with Crippen molar-refractivity contribution in [2.24, 2.45) is 5.73 Å². The highest BCUT2D eigenvalue weighted by molar-refractivity contribution is 5.79. The number of nitrogens with one attached hydrogen (secondary N) is 1. The van der Waals surface area contributed by atoms with Gasteiger partial charge in [-0.05, 0) is 12.5 Å². The van der Waals surface area contributed by atoms with Crippen molar-refractivity contribution < 1.29 is 9.59 Å². The van der Waals surface area contributed by atoms with Gasteiger partial charge in [0.05, 0.1) is 6.42 Å². The summed E-state index contributed by atoms with van der Waals surface area (Å²) in [5.41, 5.74) is 7.28. The van der Waals surface area contributed by atoms with Crippen LogP contribution < -0.4 is 11.1 Å². The largest absolute Gasteiger partial charge is 0.352 e. The number of hydrogen-bond acceptors (Lipinski definition) is 3. The van der Waals surface area contributed by atoms with Crippen molar-refractivity contribution in [1.29, 1.82) is 0 Å². The quantitative estimate of drug-likeness (QED) is 0.824. The standard InChI is InChI=1S/C16H24N4O2/c1-13-3-2-4-14(11-13)12-15(21)20-9-7-19(8-10-20)6-5-18-16(17)22/h2-4,11H,5-10,12H2,1H3,(H3,17,18,22). The van der Waals surface area contributed by atoms with E-state index in [-0.39, 0.29) is 5.91 Å². The van der Waals surface area contributed by atoms with Crippen LogP contribution >= 0.6 is 0 Å². The predicted molar refractivity (Wildman–Crippen MR) is 85.5 cm³/mol. The van der Waals surface area contributed by atoms with Crippen LogP contribution in [0.5, 0.6) is 0 Å². The van der Waals surface area contributed by atoms with Crippen LogP contribution in [-0.2, 0) is 11.2 Å². The van der Waals surface area contributed by atoms with E-state index in [2.05, 4.69) is 16.3 Å². The molecule has 1 heterocycles. The Bertz CT molecular complexity index is 525. The zero-order valence-electron chi connectivity index (χ0n) is 13.0. The third kappa shape index (κ3) is 5.04. The molecular weight excluding hydrogens is 280 g/mol. The van der Waals surface area contributed by atoms with Crippen molar-refractivity contribution in [2.75, 3.05) is 39.3 Å². The Morgan fingerprint density at radius 3 is 2.59 bits per heavy atom. The number of carbonyl (C=O) groups excluding carboxylic acids is 2. The molecule has 0 saturated carbocycles. The van der Waals surface area contributed by atoms with E-state index in [4.69, 9.17) is 5.73 Å². The fourth-order valence-electron chi connectivity index (χ4n) is 2.67. The lowest BCUT2D eigenvalue weighted by Gasteiger charge is -2.34. The van der Waals surface area contributed by atoms with Crippen LogP contribution in [-0.4, -0.2) is 61.0 Å². The summed E-state index contributed by atoms with van der Waals surface area (Å²) < 4.78 is 0. The maximum atomic E-state index is 12.3. The second-order valence-electron chi connectivity index (χ2n) is 5.68. The van der Waals surface area contributed by atoms with E-state index in [1.54, 1.807) is 0 Å². The molecule has 2 rings (SSSR count). The van der Waals surface area contributed by atoms with Gasteiger partial charge in [-0.1, -0.05) is 29.8 Å². The molecule has 1 aliphatic rings. The summed E-state index contributed by atoms with van der Waals surface area (Å²) in [6.45, 7) is 6.49. The van der Waals surface area contributed by atoms with Crippen LogP contribution in [0.15, 0.2) is 24.3 Å². The van der Waals surface area contributed by atoms with Crippen molar-refractivity contribution in [1.82, 2.24) is 15.1 Å². The average Bonchev–Trinajstić information content (AvgIpc) is 2.47. The van der Waals surface area contributed by atoms with Crippen molar-refractivity contribution in [3.63, 3.8) is 0 Å². The highest BCUT2D eigenvalue weighted by Gasteiger charge is 2.20. The van der Waals surface area contributed by atoms with Gasteiger partial charge in [-0.2, -0.15) is 0 Å². The first-order valence-electron chi connectivity index (χ1n) is 7.63. The van der Waals surface area contributed by atoms with E-state index in [1.807, 2.05) is 30.0 Å². The molecule has 0 spiro atoms. The van der Waals surface area contributed by atoms with Gasteiger partial charge in [0.1, 0.15) is 0 Å². The van der Waals surface area contributed by atoms with Crippen LogP contribution in [0, 0.1) is 6.92 Å². The van der Waals surface area contributed by atoms with E-state index in [9.17, 15) is 9.59 Å². The summed E-state index contributed by atoms with van der Waals surface area (Å²) >= 11 is 0. The molecule has 120 valence electrons.